The van der Waals surface area contributed by atoms with Crippen molar-refractivity contribution < 1.29 is 9.59 Å². The van der Waals surface area contributed by atoms with Crippen molar-refractivity contribution in [2.24, 2.45) is 0 Å². The second kappa shape index (κ2) is 4.81. The molecule has 96 valence electrons. The van der Waals surface area contributed by atoms with Crippen LogP contribution >= 0.6 is 11.3 Å². The first-order chi connectivity index (χ1) is 9.24. The van der Waals surface area contributed by atoms with Crippen molar-refractivity contribution >= 4 is 34.0 Å². The minimum atomic E-state index is -0.464. The molecule has 1 aromatic heterocycles. The third-order valence-corrected chi connectivity index (χ3v) is 3.67. The molecule has 3 rings (SSSR count). The van der Waals surface area contributed by atoms with Crippen molar-refractivity contribution in [3.05, 3.63) is 41.4 Å². The lowest BCUT2D eigenvalue weighted by molar-refractivity contribution is -0.123. The first kappa shape index (κ1) is 11.9. The number of anilines is 2. The zero-order valence-electron chi connectivity index (χ0n) is 9.92. The maximum Gasteiger partial charge on any atom is 0.234 e. The van der Waals surface area contributed by atoms with E-state index in [2.05, 4.69) is 15.6 Å². The fourth-order valence-electron chi connectivity index (χ4n) is 2.12. The zero-order chi connectivity index (χ0) is 13.2. The van der Waals surface area contributed by atoms with E-state index in [0.717, 1.165) is 5.56 Å². The Hall–Kier alpha value is -2.21. The lowest BCUT2D eigenvalue weighted by Gasteiger charge is -2.24. The van der Waals surface area contributed by atoms with Gasteiger partial charge in [0.05, 0.1) is 5.92 Å². The molecule has 5 nitrogen and oxygen atoms in total. The molecule has 0 saturated carbocycles. The van der Waals surface area contributed by atoms with Gasteiger partial charge in [0.2, 0.25) is 11.8 Å². The Kier molecular flexibility index (Phi) is 3.00. The number of fused-ring (bicyclic) bond motifs is 1. The summed E-state index contributed by atoms with van der Waals surface area (Å²) in [6.07, 6.45) is 1.79. The van der Waals surface area contributed by atoms with Crippen molar-refractivity contribution in [1.82, 2.24) is 4.98 Å². The van der Waals surface area contributed by atoms with Gasteiger partial charge in [0, 0.05) is 23.7 Å². The van der Waals surface area contributed by atoms with Gasteiger partial charge in [-0.1, -0.05) is 18.2 Å². The topological polar surface area (TPSA) is 71.1 Å². The maximum atomic E-state index is 12.2. The standard InChI is InChI=1S/C13H11N3O2S/c17-11-7-9(8-3-1-2-4-10(8)15-11)12(18)16-13-14-5-6-19-13/h1-6,9H,7H2,(H,15,17)(H,14,16,18)/t9-/m1/s1. The van der Waals surface area contributed by atoms with E-state index in [1.165, 1.54) is 11.3 Å². The molecular weight excluding hydrogens is 262 g/mol. The van der Waals surface area contributed by atoms with Crippen molar-refractivity contribution in [3.63, 3.8) is 0 Å². The van der Waals surface area contributed by atoms with E-state index >= 15 is 0 Å². The number of benzene rings is 1. The minimum absolute atomic E-state index is 0.141. The molecule has 1 atom stereocenters. The van der Waals surface area contributed by atoms with Gasteiger partial charge >= 0.3 is 0 Å². The quantitative estimate of drug-likeness (QED) is 0.881. The summed E-state index contributed by atoms with van der Waals surface area (Å²) in [4.78, 5) is 27.9. The first-order valence-corrected chi connectivity index (χ1v) is 6.71. The molecule has 0 bridgehead atoms. The number of hydrogen-bond acceptors (Lipinski definition) is 4. The van der Waals surface area contributed by atoms with Crippen LogP contribution in [0.3, 0.4) is 0 Å². The van der Waals surface area contributed by atoms with E-state index in [1.54, 1.807) is 17.6 Å². The van der Waals surface area contributed by atoms with E-state index in [0.29, 0.717) is 10.8 Å². The number of carbonyl (C=O) groups is 2. The van der Waals surface area contributed by atoms with Crippen molar-refractivity contribution in [1.29, 1.82) is 0 Å². The molecule has 1 aliphatic heterocycles. The third-order valence-electron chi connectivity index (χ3n) is 2.98. The van der Waals surface area contributed by atoms with Gasteiger partial charge in [0.15, 0.2) is 5.13 Å². The summed E-state index contributed by atoms with van der Waals surface area (Å²) < 4.78 is 0. The lowest BCUT2D eigenvalue weighted by atomic mass is 9.90. The van der Waals surface area contributed by atoms with Crippen LogP contribution < -0.4 is 10.6 Å². The van der Waals surface area contributed by atoms with Crippen LogP contribution in [0, 0.1) is 0 Å². The molecule has 2 heterocycles. The molecule has 2 amide bonds. The molecule has 1 aliphatic rings. The Labute approximate surface area is 113 Å². The van der Waals surface area contributed by atoms with E-state index < -0.39 is 5.92 Å². The van der Waals surface area contributed by atoms with Crippen molar-refractivity contribution in [2.45, 2.75) is 12.3 Å². The minimum Gasteiger partial charge on any atom is -0.326 e. The Bertz CT molecular complexity index is 625. The average Bonchev–Trinajstić information content (AvgIpc) is 2.90. The number of aromatic nitrogens is 1. The number of rotatable bonds is 2. The number of nitrogens with one attached hydrogen (secondary N) is 2. The molecule has 0 fully saturated rings. The highest BCUT2D eigenvalue weighted by Crippen LogP contribution is 2.32. The average molecular weight is 273 g/mol. The summed E-state index contributed by atoms with van der Waals surface area (Å²) in [5.41, 5.74) is 1.55. The Morgan fingerprint density at radius 2 is 2.26 bits per heavy atom. The Morgan fingerprint density at radius 3 is 3.05 bits per heavy atom. The normalized spacial score (nSPS) is 17.5. The van der Waals surface area contributed by atoms with E-state index in [9.17, 15) is 9.59 Å². The summed E-state index contributed by atoms with van der Waals surface area (Å²) in [7, 11) is 0. The molecule has 0 spiro atoms. The van der Waals surface area contributed by atoms with Gasteiger partial charge in [-0.05, 0) is 11.6 Å². The molecule has 1 aromatic carbocycles. The van der Waals surface area contributed by atoms with Crippen LogP contribution in [0.1, 0.15) is 17.9 Å². The molecule has 0 unspecified atom stereocenters. The highest BCUT2D eigenvalue weighted by atomic mass is 32.1. The van der Waals surface area contributed by atoms with Crippen LogP contribution in [0.15, 0.2) is 35.8 Å². The van der Waals surface area contributed by atoms with Crippen molar-refractivity contribution in [2.75, 3.05) is 10.6 Å². The summed E-state index contributed by atoms with van der Waals surface area (Å²) in [6, 6.07) is 7.36. The first-order valence-electron chi connectivity index (χ1n) is 5.83. The third kappa shape index (κ3) is 2.34. The van der Waals surface area contributed by atoms with E-state index in [-0.39, 0.29) is 18.2 Å². The smallest absolute Gasteiger partial charge is 0.234 e. The highest BCUT2D eigenvalue weighted by Gasteiger charge is 2.30. The molecule has 19 heavy (non-hydrogen) atoms. The van der Waals surface area contributed by atoms with Crippen LogP contribution in [-0.2, 0) is 9.59 Å². The van der Waals surface area contributed by atoms with Crippen LogP contribution in [0.2, 0.25) is 0 Å². The van der Waals surface area contributed by atoms with Gasteiger partial charge in [-0.3, -0.25) is 9.59 Å². The second-order valence-corrected chi connectivity index (χ2v) is 5.11. The summed E-state index contributed by atoms with van der Waals surface area (Å²) in [6.45, 7) is 0. The lowest BCUT2D eigenvalue weighted by Crippen LogP contribution is -2.30. The van der Waals surface area contributed by atoms with E-state index in [4.69, 9.17) is 0 Å². The highest BCUT2D eigenvalue weighted by molar-refractivity contribution is 7.13. The summed E-state index contributed by atoms with van der Waals surface area (Å²) in [5.74, 6) is -0.802. The predicted molar refractivity (Wildman–Crippen MR) is 73.2 cm³/mol. The fraction of sp³-hybridized carbons (Fsp3) is 0.154. The van der Waals surface area contributed by atoms with Gasteiger partial charge in [-0.15, -0.1) is 11.3 Å². The van der Waals surface area contributed by atoms with Gasteiger partial charge in [-0.25, -0.2) is 4.98 Å². The molecule has 0 saturated heterocycles. The number of nitrogens with zero attached hydrogens (tertiary/aromatic N) is 1. The maximum absolute atomic E-state index is 12.2. The van der Waals surface area contributed by atoms with Crippen LogP contribution in [0.25, 0.3) is 0 Å². The van der Waals surface area contributed by atoms with Gasteiger partial charge in [0.25, 0.3) is 0 Å². The molecule has 0 radical (unpaired) electrons. The van der Waals surface area contributed by atoms with Gasteiger partial charge < -0.3 is 10.6 Å². The number of hydrogen-bond donors (Lipinski definition) is 2. The van der Waals surface area contributed by atoms with Gasteiger partial charge in [-0.2, -0.15) is 0 Å². The zero-order valence-corrected chi connectivity index (χ0v) is 10.7. The monoisotopic (exact) mass is 273 g/mol. The Morgan fingerprint density at radius 1 is 1.42 bits per heavy atom. The fourth-order valence-corrected chi connectivity index (χ4v) is 2.65. The molecule has 0 aliphatic carbocycles. The molecule has 2 N–H and O–H groups in total. The molecule has 6 heteroatoms. The van der Waals surface area contributed by atoms with Crippen LogP contribution in [0.5, 0.6) is 0 Å². The van der Waals surface area contributed by atoms with Crippen LogP contribution in [-0.4, -0.2) is 16.8 Å². The molecule has 2 aromatic rings. The predicted octanol–water partition coefficient (Wildman–Crippen LogP) is 2.21. The number of amides is 2. The molecular formula is C13H11N3O2S. The van der Waals surface area contributed by atoms with Crippen molar-refractivity contribution in [3.8, 4) is 0 Å². The summed E-state index contributed by atoms with van der Waals surface area (Å²) in [5, 5.41) is 7.85. The number of para-hydroxylation sites is 1. The largest absolute Gasteiger partial charge is 0.326 e. The van der Waals surface area contributed by atoms with Gasteiger partial charge in [0.1, 0.15) is 0 Å². The number of carbonyl (C=O) groups excluding carboxylic acids is 2. The summed E-state index contributed by atoms with van der Waals surface area (Å²) >= 11 is 1.35. The van der Waals surface area contributed by atoms with E-state index in [1.807, 2.05) is 18.2 Å². The Balaban J connectivity index is 1.88. The number of thiazole rings is 1. The van der Waals surface area contributed by atoms with Crippen LogP contribution in [0.4, 0.5) is 10.8 Å². The SMILES string of the molecule is O=C1C[C@@H](C(=O)Nc2nccs2)c2ccccc2N1. The second-order valence-electron chi connectivity index (χ2n) is 4.22.